The first-order valence-corrected chi connectivity index (χ1v) is 8.07. The number of hydrogen-bond acceptors (Lipinski definition) is 8. The van der Waals surface area contributed by atoms with E-state index >= 15 is 0 Å². The van der Waals surface area contributed by atoms with E-state index in [0.717, 1.165) is 0 Å². The zero-order chi connectivity index (χ0) is 19.6. The summed E-state index contributed by atoms with van der Waals surface area (Å²) in [5, 5.41) is 19.4. The van der Waals surface area contributed by atoms with Gasteiger partial charge in [-0.3, -0.25) is 10.1 Å². The number of aromatic nitrogens is 5. The maximum absolute atomic E-state index is 11.7. The van der Waals surface area contributed by atoms with Crippen LogP contribution < -0.4 is 0 Å². The molecule has 0 fully saturated rings. The molecule has 10 nitrogen and oxygen atoms in total. The molecule has 0 aliphatic heterocycles. The van der Waals surface area contributed by atoms with Gasteiger partial charge in [-0.1, -0.05) is 5.21 Å². The third-order valence-corrected chi connectivity index (χ3v) is 3.85. The molecule has 0 aliphatic rings. The summed E-state index contributed by atoms with van der Waals surface area (Å²) >= 11 is 0. The van der Waals surface area contributed by atoms with Crippen LogP contribution in [0.4, 0.5) is 5.69 Å². The number of pyridine rings is 2. The van der Waals surface area contributed by atoms with Gasteiger partial charge in [0.05, 0.1) is 22.9 Å². The maximum Gasteiger partial charge on any atom is 0.356 e. The first-order chi connectivity index (χ1) is 12.9. The Bertz CT molecular complexity index is 993. The normalized spacial score (nSPS) is 10.6. The van der Waals surface area contributed by atoms with Crippen molar-refractivity contribution < 1.29 is 14.5 Å². The Hall–Kier alpha value is -3.69. The number of rotatable bonds is 5. The van der Waals surface area contributed by atoms with Crippen LogP contribution in [0, 0.1) is 17.0 Å². The number of esters is 1. The molecule has 3 rings (SSSR count). The average Bonchev–Trinajstić information content (AvgIpc) is 3.00. The molecule has 0 atom stereocenters. The summed E-state index contributed by atoms with van der Waals surface area (Å²) < 4.78 is 6.41. The Morgan fingerprint density at radius 1 is 1.26 bits per heavy atom. The van der Waals surface area contributed by atoms with Crippen LogP contribution in [0.25, 0.3) is 22.5 Å². The fraction of sp³-hybridized carbons (Fsp3) is 0.235. The highest BCUT2D eigenvalue weighted by molar-refractivity contribution is 5.87. The highest BCUT2D eigenvalue weighted by Gasteiger charge is 2.21. The van der Waals surface area contributed by atoms with Gasteiger partial charge in [0.1, 0.15) is 11.4 Å². The average molecular weight is 368 g/mol. The third-order valence-electron chi connectivity index (χ3n) is 3.85. The van der Waals surface area contributed by atoms with Crippen LogP contribution in [-0.2, 0) is 11.8 Å². The molecule has 0 unspecified atom stereocenters. The molecule has 0 spiro atoms. The van der Waals surface area contributed by atoms with Gasteiger partial charge >= 0.3 is 5.97 Å². The zero-order valence-electron chi connectivity index (χ0n) is 14.9. The Labute approximate surface area is 154 Å². The van der Waals surface area contributed by atoms with Crippen molar-refractivity contribution in [2.75, 3.05) is 6.61 Å². The van der Waals surface area contributed by atoms with Crippen LogP contribution in [0.15, 0.2) is 30.6 Å². The predicted octanol–water partition coefficient (Wildman–Crippen LogP) is 2.33. The molecule has 0 aliphatic carbocycles. The molecule has 0 N–H and O–H groups in total. The second-order valence-corrected chi connectivity index (χ2v) is 5.65. The molecular weight excluding hydrogens is 352 g/mol. The van der Waals surface area contributed by atoms with Crippen molar-refractivity contribution in [2.24, 2.45) is 7.05 Å². The van der Waals surface area contributed by atoms with Crippen LogP contribution in [-0.4, -0.2) is 42.5 Å². The Balaban J connectivity index is 2.03. The fourth-order valence-corrected chi connectivity index (χ4v) is 2.66. The molecule has 3 heterocycles. The first kappa shape index (κ1) is 18.1. The number of hydrogen-bond donors (Lipinski definition) is 0. The molecule has 3 aromatic heterocycles. The molecular formula is C17H16N6O4. The number of ether oxygens (including phenoxy) is 1. The summed E-state index contributed by atoms with van der Waals surface area (Å²) in [7, 11) is 1.70. The molecule has 0 radical (unpaired) electrons. The smallest absolute Gasteiger partial charge is 0.356 e. The molecule has 0 bridgehead atoms. The number of carbonyl (C=O) groups is 1. The lowest BCUT2D eigenvalue weighted by Gasteiger charge is -2.07. The standard InChI is InChI=1S/C17H16N6O4/c1-4-27-17(24)13-6-5-11(8-18-13)15-14(23(25)26)7-12(9-19-15)16-10(2)20-21-22(16)3/h5-9H,4H2,1-3H3. The SMILES string of the molecule is CCOC(=O)c1ccc(-c2ncc(-c3c(C)nnn3C)cc2[N+](=O)[O-])cn1. The van der Waals surface area contributed by atoms with Crippen molar-refractivity contribution >= 4 is 11.7 Å². The van der Waals surface area contributed by atoms with Crippen molar-refractivity contribution in [1.82, 2.24) is 25.0 Å². The van der Waals surface area contributed by atoms with Crippen LogP contribution in [0.5, 0.6) is 0 Å². The summed E-state index contributed by atoms with van der Waals surface area (Å²) in [4.78, 5) is 31.0. The van der Waals surface area contributed by atoms with Crippen molar-refractivity contribution in [3.05, 3.63) is 52.1 Å². The molecule has 3 aromatic rings. The van der Waals surface area contributed by atoms with E-state index in [-0.39, 0.29) is 23.7 Å². The zero-order valence-corrected chi connectivity index (χ0v) is 14.9. The minimum Gasteiger partial charge on any atom is -0.461 e. The minimum absolute atomic E-state index is 0.122. The van der Waals surface area contributed by atoms with Gasteiger partial charge in [-0.05, 0) is 26.0 Å². The summed E-state index contributed by atoms with van der Waals surface area (Å²) in [6.07, 6.45) is 2.88. The van der Waals surface area contributed by atoms with Crippen LogP contribution in [0.3, 0.4) is 0 Å². The lowest BCUT2D eigenvalue weighted by molar-refractivity contribution is -0.384. The van der Waals surface area contributed by atoms with Crippen molar-refractivity contribution in [3.63, 3.8) is 0 Å². The van der Waals surface area contributed by atoms with Gasteiger partial charge in [-0.25, -0.2) is 19.4 Å². The molecule has 0 saturated heterocycles. The second kappa shape index (κ2) is 7.28. The van der Waals surface area contributed by atoms with Crippen LogP contribution >= 0.6 is 0 Å². The van der Waals surface area contributed by atoms with Gasteiger partial charge in [-0.2, -0.15) is 0 Å². The van der Waals surface area contributed by atoms with Gasteiger partial charge in [0.2, 0.25) is 0 Å². The first-order valence-electron chi connectivity index (χ1n) is 8.07. The molecule has 138 valence electrons. The highest BCUT2D eigenvalue weighted by Crippen LogP contribution is 2.32. The van der Waals surface area contributed by atoms with E-state index in [1.165, 1.54) is 29.2 Å². The molecule has 0 aromatic carbocycles. The van der Waals surface area contributed by atoms with Gasteiger partial charge < -0.3 is 4.74 Å². The van der Waals surface area contributed by atoms with Crippen LogP contribution in [0.2, 0.25) is 0 Å². The fourth-order valence-electron chi connectivity index (χ4n) is 2.66. The van der Waals surface area contributed by atoms with Gasteiger partial charge in [0.25, 0.3) is 5.69 Å². The van der Waals surface area contributed by atoms with Gasteiger partial charge in [0, 0.05) is 36.6 Å². The van der Waals surface area contributed by atoms with E-state index in [9.17, 15) is 14.9 Å². The van der Waals surface area contributed by atoms with E-state index < -0.39 is 10.9 Å². The quantitative estimate of drug-likeness (QED) is 0.381. The van der Waals surface area contributed by atoms with Gasteiger partial charge in [-0.15, -0.1) is 5.10 Å². The predicted molar refractivity (Wildman–Crippen MR) is 94.8 cm³/mol. The summed E-state index contributed by atoms with van der Waals surface area (Å²) in [5.74, 6) is -0.555. The monoisotopic (exact) mass is 368 g/mol. The maximum atomic E-state index is 11.7. The van der Waals surface area contributed by atoms with Gasteiger partial charge in [0.15, 0.2) is 0 Å². The van der Waals surface area contributed by atoms with Crippen LogP contribution in [0.1, 0.15) is 23.1 Å². The summed E-state index contributed by atoms with van der Waals surface area (Å²) in [5.41, 5.74) is 2.33. The third kappa shape index (κ3) is 3.50. The summed E-state index contributed by atoms with van der Waals surface area (Å²) in [6.45, 7) is 3.69. The lowest BCUT2D eigenvalue weighted by atomic mass is 10.1. The Morgan fingerprint density at radius 3 is 2.56 bits per heavy atom. The second-order valence-electron chi connectivity index (χ2n) is 5.65. The van der Waals surface area contributed by atoms with E-state index in [2.05, 4.69) is 20.3 Å². The van der Waals surface area contributed by atoms with E-state index in [4.69, 9.17) is 4.74 Å². The number of aryl methyl sites for hydroxylation is 2. The minimum atomic E-state index is -0.555. The van der Waals surface area contributed by atoms with E-state index in [1.54, 1.807) is 27.0 Å². The van der Waals surface area contributed by atoms with Crippen molar-refractivity contribution in [3.8, 4) is 22.5 Å². The van der Waals surface area contributed by atoms with E-state index in [0.29, 0.717) is 22.5 Å². The topological polar surface area (TPSA) is 126 Å². The Kier molecular flexibility index (Phi) is 4.88. The molecule has 10 heteroatoms. The number of nitrogens with zero attached hydrogens (tertiary/aromatic N) is 6. The largest absolute Gasteiger partial charge is 0.461 e. The van der Waals surface area contributed by atoms with Crippen molar-refractivity contribution in [2.45, 2.75) is 13.8 Å². The number of nitro groups is 1. The van der Waals surface area contributed by atoms with Crippen molar-refractivity contribution in [1.29, 1.82) is 0 Å². The number of carbonyl (C=O) groups excluding carboxylic acids is 1. The highest BCUT2D eigenvalue weighted by atomic mass is 16.6. The molecule has 0 amide bonds. The molecule has 27 heavy (non-hydrogen) atoms. The molecule has 0 saturated carbocycles. The summed E-state index contributed by atoms with van der Waals surface area (Å²) in [6, 6.07) is 4.42. The van der Waals surface area contributed by atoms with E-state index in [1.807, 2.05) is 0 Å². The lowest BCUT2D eigenvalue weighted by Crippen LogP contribution is -2.06. The Morgan fingerprint density at radius 2 is 2.00 bits per heavy atom.